The first kappa shape index (κ1) is 32.7. The standard InChI is InChI=1S/C32H43N3O10/c1-17(43-30(39)21(34-19(3)36)8-6-7-14-33)28(37)42-18(2)29(38)44-23-11-12-32(40)24-16-20-9-10-22(41-5)26-25(20)31(32,27(23)45-26)13-15-35(24)4/h9-11,17-18,21,24,27,40H,6-8,12-16,33H2,1-5H3,(H,34,36)/t17-,18-,21-,24+,27-,31-,32+/m0/s1. The number of nitrogens with two attached hydrogens (primary N) is 1. The Balaban J connectivity index is 1.28. The zero-order valence-corrected chi connectivity index (χ0v) is 26.4. The Bertz CT molecular complexity index is 1400. The highest BCUT2D eigenvalue weighted by atomic mass is 16.6. The number of hydrogen-bond donors (Lipinski definition) is 3. The number of amides is 1. The second kappa shape index (κ2) is 12.6. The smallest absolute Gasteiger partial charge is 0.352 e. The number of unbranched alkanes of at least 4 members (excludes halogenated alkanes) is 1. The Morgan fingerprint density at radius 1 is 1.13 bits per heavy atom. The van der Waals surface area contributed by atoms with E-state index in [9.17, 15) is 24.3 Å². The first-order valence-corrected chi connectivity index (χ1v) is 15.5. The number of carbonyl (C=O) groups excluding carboxylic acids is 4. The van der Waals surface area contributed by atoms with Crippen LogP contribution in [-0.2, 0) is 45.2 Å². The Morgan fingerprint density at radius 3 is 2.53 bits per heavy atom. The molecule has 2 bridgehead atoms. The van der Waals surface area contributed by atoms with Crippen LogP contribution in [-0.4, -0.2) is 97.1 Å². The van der Waals surface area contributed by atoms with Crippen LogP contribution in [0.3, 0.4) is 0 Å². The monoisotopic (exact) mass is 629 g/mol. The minimum atomic E-state index is -1.35. The lowest BCUT2D eigenvalue weighted by molar-refractivity contribution is -0.180. The zero-order chi connectivity index (χ0) is 32.7. The quantitative estimate of drug-likeness (QED) is 0.170. The van der Waals surface area contributed by atoms with Gasteiger partial charge in [-0.2, -0.15) is 0 Å². The number of aliphatic hydroxyl groups is 1. The molecule has 0 aromatic heterocycles. The lowest BCUT2D eigenvalue weighted by atomic mass is 9.50. The third kappa shape index (κ3) is 5.55. The van der Waals surface area contributed by atoms with Gasteiger partial charge in [0.1, 0.15) is 11.8 Å². The first-order valence-electron chi connectivity index (χ1n) is 15.5. The lowest BCUT2D eigenvalue weighted by Crippen LogP contribution is -2.74. The number of nitrogens with one attached hydrogen (secondary N) is 1. The van der Waals surface area contributed by atoms with E-state index < -0.39 is 59.2 Å². The molecule has 45 heavy (non-hydrogen) atoms. The second-order valence-corrected chi connectivity index (χ2v) is 12.4. The summed E-state index contributed by atoms with van der Waals surface area (Å²) in [4.78, 5) is 52.5. The van der Waals surface area contributed by atoms with Crippen molar-refractivity contribution in [3.63, 3.8) is 0 Å². The molecular weight excluding hydrogens is 586 g/mol. The Kier molecular flexibility index (Phi) is 9.16. The molecule has 4 aliphatic rings. The van der Waals surface area contributed by atoms with E-state index in [0.29, 0.717) is 56.7 Å². The van der Waals surface area contributed by atoms with Gasteiger partial charge in [-0.05, 0) is 83.8 Å². The molecule has 13 heteroatoms. The summed E-state index contributed by atoms with van der Waals surface area (Å²) in [6, 6.07) is 2.75. The summed E-state index contributed by atoms with van der Waals surface area (Å²) < 4.78 is 28.5. The van der Waals surface area contributed by atoms with E-state index in [0.717, 1.165) is 11.1 Å². The van der Waals surface area contributed by atoms with Gasteiger partial charge < -0.3 is 44.7 Å². The molecule has 2 heterocycles. The van der Waals surface area contributed by atoms with E-state index in [1.807, 2.05) is 19.2 Å². The van der Waals surface area contributed by atoms with Crippen molar-refractivity contribution in [2.24, 2.45) is 5.73 Å². The maximum Gasteiger partial charge on any atom is 0.352 e. The summed E-state index contributed by atoms with van der Waals surface area (Å²) >= 11 is 0. The van der Waals surface area contributed by atoms with Crippen molar-refractivity contribution in [1.29, 1.82) is 0 Å². The highest BCUT2D eigenvalue weighted by molar-refractivity contribution is 5.86. The maximum absolute atomic E-state index is 13.3. The normalized spacial score (nSPS) is 27.9. The maximum atomic E-state index is 13.3. The van der Waals surface area contributed by atoms with Gasteiger partial charge in [-0.15, -0.1) is 0 Å². The van der Waals surface area contributed by atoms with Crippen molar-refractivity contribution in [1.82, 2.24) is 10.2 Å². The fraction of sp³-hybridized carbons (Fsp3) is 0.625. The number of rotatable bonds is 12. The number of methoxy groups -OCH3 is 1. The number of hydrogen-bond acceptors (Lipinski definition) is 12. The summed E-state index contributed by atoms with van der Waals surface area (Å²) in [6.07, 6.45) is 1.17. The van der Waals surface area contributed by atoms with E-state index in [1.54, 1.807) is 13.2 Å². The van der Waals surface area contributed by atoms with Crippen LogP contribution in [0, 0.1) is 0 Å². The predicted molar refractivity (Wildman–Crippen MR) is 159 cm³/mol. The van der Waals surface area contributed by atoms with Gasteiger partial charge >= 0.3 is 17.9 Å². The number of carbonyl (C=O) groups is 4. The molecule has 1 saturated heterocycles. The van der Waals surface area contributed by atoms with Crippen LogP contribution in [0.1, 0.15) is 64.0 Å². The van der Waals surface area contributed by atoms with Crippen LogP contribution in [0.4, 0.5) is 0 Å². The van der Waals surface area contributed by atoms with Gasteiger partial charge in [-0.25, -0.2) is 14.4 Å². The zero-order valence-electron chi connectivity index (χ0n) is 26.4. The Hall–Kier alpha value is -3.68. The summed E-state index contributed by atoms with van der Waals surface area (Å²) in [5.41, 5.74) is 5.46. The van der Waals surface area contributed by atoms with Crippen LogP contribution in [0.5, 0.6) is 11.5 Å². The van der Waals surface area contributed by atoms with Crippen molar-refractivity contribution in [2.45, 2.75) is 101 Å². The van der Waals surface area contributed by atoms with Gasteiger partial charge in [0.2, 0.25) is 5.91 Å². The van der Waals surface area contributed by atoms with Crippen LogP contribution in [0.2, 0.25) is 0 Å². The van der Waals surface area contributed by atoms with Gasteiger partial charge in [0.25, 0.3) is 0 Å². The minimum Gasteiger partial charge on any atom is -0.493 e. The van der Waals surface area contributed by atoms with Gasteiger partial charge in [0.05, 0.1) is 18.1 Å². The van der Waals surface area contributed by atoms with Crippen LogP contribution >= 0.6 is 0 Å². The molecule has 1 aromatic carbocycles. The van der Waals surface area contributed by atoms with E-state index in [1.165, 1.54) is 20.8 Å². The van der Waals surface area contributed by atoms with E-state index in [2.05, 4.69) is 10.2 Å². The molecule has 1 fully saturated rings. The molecule has 4 N–H and O–H groups in total. The van der Waals surface area contributed by atoms with E-state index in [-0.39, 0.29) is 18.2 Å². The van der Waals surface area contributed by atoms with Crippen molar-refractivity contribution in [3.8, 4) is 11.5 Å². The van der Waals surface area contributed by atoms with E-state index in [4.69, 9.17) is 29.4 Å². The highest BCUT2D eigenvalue weighted by Crippen LogP contribution is 2.65. The Morgan fingerprint density at radius 2 is 1.84 bits per heavy atom. The molecule has 2 aliphatic heterocycles. The molecule has 5 rings (SSSR count). The van der Waals surface area contributed by atoms with Crippen molar-refractivity contribution in [3.05, 3.63) is 35.1 Å². The average molecular weight is 630 g/mol. The second-order valence-electron chi connectivity index (χ2n) is 12.4. The number of esters is 3. The molecule has 0 unspecified atom stereocenters. The molecule has 1 aromatic rings. The minimum absolute atomic E-state index is 0.160. The molecule has 1 spiro atoms. The largest absolute Gasteiger partial charge is 0.493 e. The number of likely N-dealkylation sites (N-methyl/N-ethyl adjacent to an activating group) is 1. The fourth-order valence-corrected chi connectivity index (χ4v) is 7.40. The molecule has 0 saturated carbocycles. The van der Waals surface area contributed by atoms with Crippen molar-refractivity contribution < 1.29 is 48.0 Å². The molecule has 7 atom stereocenters. The number of ether oxygens (including phenoxy) is 5. The van der Waals surface area contributed by atoms with Gasteiger partial charge in [-0.1, -0.05) is 6.07 Å². The van der Waals surface area contributed by atoms with Gasteiger partial charge in [0, 0.05) is 24.9 Å². The predicted octanol–water partition coefficient (Wildman–Crippen LogP) is 1.01. The number of benzene rings is 1. The first-order chi connectivity index (χ1) is 21.4. The van der Waals surface area contributed by atoms with Crippen LogP contribution in [0.15, 0.2) is 24.0 Å². The van der Waals surface area contributed by atoms with Crippen LogP contribution in [0.25, 0.3) is 0 Å². The molecule has 246 valence electrons. The summed E-state index contributed by atoms with van der Waals surface area (Å²) in [7, 11) is 3.56. The lowest BCUT2D eigenvalue weighted by Gasteiger charge is -2.61. The van der Waals surface area contributed by atoms with Gasteiger partial charge in [-0.3, -0.25) is 4.79 Å². The third-order valence-corrected chi connectivity index (χ3v) is 9.64. The molecular formula is C32H43N3O10. The fourth-order valence-electron chi connectivity index (χ4n) is 7.40. The summed E-state index contributed by atoms with van der Waals surface area (Å²) in [5.74, 6) is -1.70. The number of piperidine rings is 1. The van der Waals surface area contributed by atoms with Crippen molar-refractivity contribution >= 4 is 23.8 Å². The van der Waals surface area contributed by atoms with Crippen LogP contribution < -0.4 is 20.5 Å². The van der Waals surface area contributed by atoms with E-state index >= 15 is 0 Å². The van der Waals surface area contributed by atoms with Gasteiger partial charge in [0.15, 0.2) is 29.8 Å². The SMILES string of the molecule is COc1ccc2c3c1O[C@H]1C(OC(=O)[C@H](C)OC(=O)[C@H](C)OC(=O)[C@H](CCCCN)NC(C)=O)=CC[C@@]4(O)[C@@H](C2)N(C)CC[C@]314. The number of likely N-dealkylation sites (tertiary alicyclic amines) is 1. The summed E-state index contributed by atoms with van der Waals surface area (Å²) in [6.45, 7) is 5.10. The Labute approximate surface area is 262 Å². The number of nitrogens with zero attached hydrogens (tertiary/aromatic N) is 1. The molecule has 13 nitrogen and oxygen atoms in total. The third-order valence-electron chi connectivity index (χ3n) is 9.64. The summed E-state index contributed by atoms with van der Waals surface area (Å²) in [5, 5.41) is 14.8. The average Bonchev–Trinajstić information content (AvgIpc) is 3.35. The molecule has 2 aliphatic carbocycles. The molecule has 1 amide bonds. The van der Waals surface area contributed by atoms with Crippen molar-refractivity contribution in [2.75, 3.05) is 27.2 Å². The highest BCUT2D eigenvalue weighted by Gasteiger charge is 2.72. The molecule has 0 radical (unpaired) electrons. The topological polar surface area (TPSA) is 176 Å².